The van der Waals surface area contributed by atoms with Crippen molar-refractivity contribution < 1.29 is 4.79 Å². The number of Topliss-reactive ketones (excluding diaryl/α,β-unsaturated/α-hetero) is 1. The Balaban J connectivity index is 2.77. The first kappa shape index (κ1) is 13.1. The van der Waals surface area contributed by atoms with E-state index in [9.17, 15) is 4.79 Å². The lowest BCUT2D eigenvalue weighted by Crippen LogP contribution is -2.38. The predicted molar refractivity (Wildman–Crippen MR) is 68.3 cm³/mol. The molecule has 1 aliphatic heterocycles. The van der Waals surface area contributed by atoms with Crippen molar-refractivity contribution in [1.29, 1.82) is 0 Å². The van der Waals surface area contributed by atoms with E-state index in [1.807, 2.05) is 11.8 Å². The summed E-state index contributed by atoms with van der Waals surface area (Å²) in [6.45, 7) is 13.4. The molecule has 0 saturated carbocycles. The lowest BCUT2D eigenvalue weighted by atomic mass is 9.84. The van der Waals surface area contributed by atoms with Gasteiger partial charge in [-0.25, -0.2) is 0 Å². The van der Waals surface area contributed by atoms with Crippen molar-refractivity contribution in [3.8, 4) is 0 Å². The van der Waals surface area contributed by atoms with Crippen molar-refractivity contribution in [1.82, 2.24) is 0 Å². The molecule has 0 amide bonds. The van der Waals surface area contributed by atoms with Crippen LogP contribution in [0.25, 0.3) is 0 Å². The molecule has 88 valence electrons. The quantitative estimate of drug-likeness (QED) is 0.625. The lowest BCUT2D eigenvalue weighted by molar-refractivity contribution is -0.120. The van der Waals surface area contributed by atoms with Crippen LogP contribution in [-0.4, -0.2) is 16.3 Å². The van der Waals surface area contributed by atoms with E-state index in [-0.39, 0.29) is 10.8 Å². The molecule has 15 heavy (non-hydrogen) atoms. The van der Waals surface area contributed by atoms with Crippen molar-refractivity contribution in [2.75, 3.05) is 0 Å². The molecule has 1 nitrogen and oxygen atoms in total. The van der Waals surface area contributed by atoms with Crippen molar-refractivity contribution in [2.45, 2.75) is 64.9 Å². The number of carbonyl (C=O) groups is 1. The van der Waals surface area contributed by atoms with Crippen LogP contribution in [0.5, 0.6) is 0 Å². The van der Waals surface area contributed by atoms with E-state index in [1.54, 1.807) is 0 Å². The number of thioether (sulfide) groups is 1. The zero-order valence-electron chi connectivity index (χ0n) is 10.9. The minimum atomic E-state index is 0.240. The molecule has 0 bridgehead atoms. The Morgan fingerprint density at radius 2 is 1.27 bits per heavy atom. The second kappa shape index (κ2) is 4.12. The smallest absolute Gasteiger partial charge is 0.135 e. The molecule has 0 aromatic rings. The highest BCUT2D eigenvalue weighted by Gasteiger charge is 2.39. The molecular formula is C13H24OS. The van der Waals surface area contributed by atoms with Gasteiger partial charge in [0.2, 0.25) is 0 Å². The summed E-state index contributed by atoms with van der Waals surface area (Å²) in [5.41, 5.74) is 0.481. The summed E-state index contributed by atoms with van der Waals surface area (Å²) in [5.74, 6) is 0.452. The number of hydrogen-bond acceptors (Lipinski definition) is 2. The average molecular weight is 228 g/mol. The van der Waals surface area contributed by atoms with E-state index in [0.717, 1.165) is 12.8 Å². The number of ketones is 1. The van der Waals surface area contributed by atoms with Gasteiger partial charge in [-0.1, -0.05) is 41.5 Å². The molecule has 0 N–H and O–H groups in total. The Bertz CT molecular complexity index is 220. The molecule has 2 unspecified atom stereocenters. The van der Waals surface area contributed by atoms with Crippen molar-refractivity contribution >= 4 is 17.5 Å². The minimum absolute atomic E-state index is 0.240. The number of carbonyl (C=O) groups excluding carboxylic acids is 1. The van der Waals surface area contributed by atoms with Crippen LogP contribution in [0.3, 0.4) is 0 Å². The van der Waals surface area contributed by atoms with Gasteiger partial charge in [0.15, 0.2) is 0 Å². The predicted octanol–water partition coefficient (Wildman–Crippen LogP) is 3.91. The minimum Gasteiger partial charge on any atom is -0.300 e. The van der Waals surface area contributed by atoms with Crippen LogP contribution in [0.4, 0.5) is 0 Å². The van der Waals surface area contributed by atoms with Crippen LogP contribution in [0.2, 0.25) is 0 Å². The van der Waals surface area contributed by atoms with Gasteiger partial charge in [0.1, 0.15) is 5.78 Å². The lowest BCUT2D eigenvalue weighted by Gasteiger charge is -2.41. The third-order valence-corrected chi connectivity index (χ3v) is 5.49. The Hall–Kier alpha value is 0.0200. The Kier molecular flexibility index (Phi) is 3.59. The van der Waals surface area contributed by atoms with Crippen molar-refractivity contribution in [3.63, 3.8) is 0 Å². The van der Waals surface area contributed by atoms with E-state index in [1.165, 1.54) is 0 Å². The fourth-order valence-electron chi connectivity index (χ4n) is 1.81. The van der Waals surface area contributed by atoms with Gasteiger partial charge in [-0.05, 0) is 10.8 Å². The molecule has 1 heterocycles. The first-order valence-electron chi connectivity index (χ1n) is 5.78. The fraction of sp³-hybridized carbons (Fsp3) is 0.923. The second-order valence-corrected chi connectivity index (χ2v) is 8.20. The van der Waals surface area contributed by atoms with Gasteiger partial charge < -0.3 is 0 Å². The van der Waals surface area contributed by atoms with Crippen LogP contribution in [0.1, 0.15) is 54.4 Å². The Labute approximate surface area is 98.4 Å². The molecule has 1 saturated heterocycles. The Morgan fingerprint density at radius 3 is 1.53 bits per heavy atom. The first-order chi connectivity index (χ1) is 6.60. The zero-order chi connectivity index (χ0) is 11.9. The molecule has 1 aliphatic rings. The summed E-state index contributed by atoms with van der Waals surface area (Å²) >= 11 is 2.03. The molecule has 0 radical (unpaired) electrons. The molecule has 0 spiro atoms. The highest BCUT2D eigenvalue weighted by molar-refractivity contribution is 8.00. The maximum Gasteiger partial charge on any atom is 0.135 e. The molecular weight excluding hydrogens is 204 g/mol. The average Bonchev–Trinajstić information content (AvgIpc) is 1.99. The van der Waals surface area contributed by atoms with Crippen molar-refractivity contribution in [3.05, 3.63) is 0 Å². The summed E-state index contributed by atoms with van der Waals surface area (Å²) in [6.07, 6.45) is 1.53. The standard InChI is InChI=1S/C13H24OS/c1-12(2,3)10-7-9(14)8-11(15-10)13(4,5)6/h10-11H,7-8H2,1-6H3. The number of rotatable bonds is 0. The summed E-state index contributed by atoms with van der Waals surface area (Å²) in [5, 5.41) is 0.978. The van der Waals surface area contributed by atoms with Gasteiger partial charge in [0, 0.05) is 23.3 Å². The third-order valence-electron chi connectivity index (χ3n) is 3.09. The van der Waals surface area contributed by atoms with Crippen molar-refractivity contribution in [2.24, 2.45) is 10.8 Å². The van der Waals surface area contributed by atoms with Crippen LogP contribution in [0.15, 0.2) is 0 Å². The summed E-state index contributed by atoms with van der Waals surface area (Å²) in [6, 6.07) is 0. The van der Waals surface area contributed by atoms with Crippen LogP contribution in [0, 0.1) is 10.8 Å². The fourth-order valence-corrected chi connectivity index (χ4v) is 3.59. The second-order valence-electron chi connectivity index (χ2n) is 6.79. The highest BCUT2D eigenvalue weighted by atomic mass is 32.2. The Morgan fingerprint density at radius 1 is 0.933 bits per heavy atom. The summed E-state index contributed by atoms with van der Waals surface area (Å²) in [7, 11) is 0. The van der Waals surface area contributed by atoms with E-state index in [0.29, 0.717) is 16.3 Å². The zero-order valence-corrected chi connectivity index (χ0v) is 11.7. The molecule has 2 atom stereocenters. The van der Waals surface area contributed by atoms with Crippen LogP contribution < -0.4 is 0 Å². The van der Waals surface area contributed by atoms with Gasteiger partial charge in [-0.2, -0.15) is 11.8 Å². The topological polar surface area (TPSA) is 17.1 Å². The highest BCUT2D eigenvalue weighted by Crippen LogP contribution is 2.45. The molecule has 0 aromatic carbocycles. The molecule has 2 heteroatoms. The maximum atomic E-state index is 11.8. The first-order valence-corrected chi connectivity index (χ1v) is 6.72. The van der Waals surface area contributed by atoms with E-state index >= 15 is 0 Å². The van der Waals surface area contributed by atoms with Gasteiger partial charge in [-0.15, -0.1) is 0 Å². The SMILES string of the molecule is CC(C)(C)C1CC(=O)CC(C(C)(C)C)S1. The van der Waals surface area contributed by atoms with Crippen LogP contribution in [-0.2, 0) is 4.79 Å². The molecule has 0 aromatic heterocycles. The van der Waals surface area contributed by atoms with Gasteiger partial charge in [0.05, 0.1) is 0 Å². The van der Waals surface area contributed by atoms with Gasteiger partial charge in [-0.3, -0.25) is 4.79 Å². The third kappa shape index (κ3) is 3.51. The van der Waals surface area contributed by atoms with Crippen LogP contribution >= 0.6 is 11.8 Å². The molecule has 0 aliphatic carbocycles. The molecule has 1 fully saturated rings. The van der Waals surface area contributed by atoms with E-state index < -0.39 is 0 Å². The van der Waals surface area contributed by atoms with E-state index in [4.69, 9.17) is 0 Å². The maximum absolute atomic E-state index is 11.8. The van der Waals surface area contributed by atoms with Gasteiger partial charge >= 0.3 is 0 Å². The number of hydrogen-bond donors (Lipinski definition) is 0. The van der Waals surface area contributed by atoms with E-state index in [2.05, 4.69) is 41.5 Å². The normalized spacial score (nSPS) is 29.3. The van der Waals surface area contributed by atoms with Gasteiger partial charge in [0.25, 0.3) is 0 Å². The summed E-state index contributed by atoms with van der Waals surface area (Å²) in [4.78, 5) is 11.8. The monoisotopic (exact) mass is 228 g/mol. The largest absolute Gasteiger partial charge is 0.300 e. The molecule has 1 rings (SSSR count). The summed E-state index contributed by atoms with van der Waals surface area (Å²) < 4.78 is 0.